The lowest BCUT2D eigenvalue weighted by Crippen LogP contribution is -2.21. The molecule has 0 aromatic rings. The van der Waals surface area contributed by atoms with Gasteiger partial charge >= 0.3 is 0 Å². The van der Waals surface area contributed by atoms with Gasteiger partial charge in [-0.15, -0.1) is 0 Å². The van der Waals surface area contributed by atoms with Crippen molar-refractivity contribution in [1.29, 1.82) is 0 Å². The summed E-state index contributed by atoms with van der Waals surface area (Å²) in [5, 5.41) is 0. The normalized spacial score (nSPS) is 11.6. The van der Waals surface area contributed by atoms with Crippen LogP contribution in [0.25, 0.3) is 0 Å². The van der Waals surface area contributed by atoms with E-state index in [-0.39, 0.29) is 6.29 Å². The summed E-state index contributed by atoms with van der Waals surface area (Å²) >= 11 is 1.88. The highest BCUT2D eigenvalue weighted by molar-refractivity contribution is 7.99. The van der Waals surface area contributed by atoms with Gasteiger partial charge < -0.3 is 14.4 Å². The summed E-state index contributed by atoms with van der Waals surface area (Å²) < 4.78 is 10.9. The van der Waals surface area contributed by atoms with Crippen molar-refractivity contribution in [3.8, 4) is 0 Å². The fraction of sp³-hybridized carbons (Fsp3) is 1.00. The van der Waals surface area contributed by atoms with Gasteiger partial charge in [-0.05, 0) is 27.9 Å². The van der Waals surface area contributed by atoms with Gasteiger partial charge in [-0.3, -0.25) is 0 Å². The lowest BCUT2D eigenvalue weighted by molar-refractivity contribution is -0.120. The number of ether oxygens (including phenoxy) is 2. The number of nitrogens with zero attached hydrogens (tertiary/aromatic N) is 1. The molecule has 0 heterocycles. The molecule has 0 amide bonds. The van der Waals surface area contributed by atoms with Crippen LogP contribution >= 0.6 is 11.8 Å². The van der Waals surface area contributed by atoms with Gasteiger partial charge in [0.25, 0.3) is 0 Å². The average Bonchev–Trinajstić information content (AvgIpc) is 2.12. The number of hydrogen-bond acceptors (Lipinski definition) is 4. The monoisotopic (exact) mass is 221 g/mol. The summed E-state index contributed by atoms with van der Waals surface area (Å²) in [4.78, 5) is 2.18. The van der Waals surface area contributed by atoms with Crippen LogP contribution in [-0.4, -0.2) is 56.5 Å². The summed E-state index contributed by atoms with van der Waals surface area (Å²) in [6.07, 6.45) is -0.0304. The molecule has 0 fully saturated rings. The molecule has 0 aromatic carbocycles. The molecule has 0 aliphatic carbocycles. The first-order chi connectivity index (χ1) is 6.70. The van der Waals surface area contributed by atoms with Crippen LogP contribution in [0, 0.1) is 0 Å². The molecule has 0 unspecified atom stereocenters. The zero-order valence-electron chi connectivity index (χ0n) is 9.78. The van der Waals surface area contributed by atoms with E-state index >= 15 is 0 Å². The van der Waals surface area contributed by atoms with Crippen molar-refractivity contribution in [1.82, 2.24) is 4.90 Å². The summed E-state index contributed by atoms with van der Waals surface area (Å²) in [5.41, 5.74) is 0. The molecule has 0 spiro atoms. The highest BCUT2D eigenvalue weighted by atomic mass is 32.2. The minimum atomic E-state index is -0.0304. The van der Waals surface area contributed by atoms with Gasteiger partial charge in [0.2, 0.25) is 0 Å². The molecule has 4 heteroatoms. The molecule has 86 valence electrons. The van der Waals surface area contributed by atoms with E-state index in [2.05, 4.69) is 19.0 Å². The quantitative estimate of drug-likeness (QED) is 0.436. The van der Waals surface area contributed by atoms with Gasteiger partial charge in [0.1, 0.15) is 0 Å². The molecule has 0 aliphatic rings. The third kappa shape index (κ3) is 8.81. The Balaban J connectivity index is 3.40. The topological polar surface area (TPSA) is 21.7 Å². The SMILES string of the molecule is CCOC(CSCCN(C)C)OCC. The van der Waals surface area contributed by atoms with Crippen molar-refractivity contribution in [3.05, 3.63) is 0 Å². The molecule has 0 radical (unpaired) electrons. The predicted octanol–water partition coefficient (Wildman–Crippen LogP) is 1.68. The Labute approximate surface area is 92.1 Å². The van der Waals surface area contributed by atoms with E-state index in [1.165, 1.54) is 0 Å². The van der Waals surface area contributed by atoms with Gasteiger partial charge in [0.15, 0.2) is 6.29 Å². The largest absolute Gasteiger partial charge is 0.352 e. The number of rotatable bonds is 9. The lowest BCUT2D eigenvalue weighted by Gasteiger charge is -2.17. The minimum Gasteiger partial charge on any atom is -0.352 e. The van der Waals surface area contributed by atoms with Crippen molar-refractivity contribution in [3.63, 3.8) is 0 Å². The standard InChI is InChI=1S/C10H23NO2S/c1-5-12-10(13-6-2)9-14-8-7-11(3)4/h10H,5-9H2,1-4H3. The third-order valence-corrected chi connectivity index (χ3v) is 2.62. The molecule has 14 heavy (non-hydrogen) atoms. The summed E-state index contributed by atoms with van der Waals surface area (Å²) in [7, 11) is 4.17. The maximum Gasteiger partial charge on any atom is 0.166 e. The summed E-state index contributed by atoms with van der Waals surface area (Å²) in [6, 6.07) is 0. The average molecular weight is 221 g/mol. The number of thioether (sulfide) groups is 1. The molecule has 3 nitrogen and oxygen atoms in total. The van der Waals surface area contributed by atoms with Gasteiger partial charge in [-0.2, -0.15) is 11.8 Å². The molecule has 0 N–H and O–H groups in total. The van der Waals surface area contributed by atoms with Crippen molar-refractivity contribution < 1.29 is 9.47 Å². The fourth-order valence-electron chi connectivity index (χ4n) is 0.943. The Morgan fingerprint density at radius 3 is 2.14 bits per heavy atom. The van der Waals surface area contributed by atoms with Crippen LogP contribution in [0.3, 0.4) is 0 Å². The Bertz CT molecular complexity index is 117. The first kappa shape index (κ1) is 14.2. The molecule has 0 bridgehead atoms. The van der Waals surface area contributed by atoms with Crippen LogP contribution in [0.5, 0.6) is 0 Å². The second-order valence-corrected chi connectivity index (χ2v) is 4.37. The molecule has 0 saturated carbocycles. The summed E-state index contributed by atoms with van der Waals surface area (Å²) in [5.74, 6) is 2.05. The van der Waals surface area contributed by atoms with E-state index in [9.17, 15) is 0 Å². The van der Waals surface area contributed by atoms with Crippen LogP contribution in [-0.2, 0) is 9.47 Å². The van der Waals surface area contributed by atoms with Crippen LogP contribution in [0.4, 0.5) is 0 Å². The molecule has 0 saturated heterocycles. The Morgan fingerprint density at radius 2 is 1.71 bits per heavy atom. The molecule has 0 rings (SSSR count). The fourth-order valence-corrected chi connectivity index (χ4v) is 1.99. The molecule has 0 atom stereocenters. The highest BCUT2D eigenvalue weighted by Gasteiger charge is 2.07. The van der Waals surface area contributed by atoms with Gasteiger partial charge in [0, 0.05) is 31.3 Å². The third-order valence-electron chi connectivity index (χ3n) is 1.64. The lowest BCUT2D eigenvalue weighted by atomic mass is 10.7. The smallest absolute Gasteiger partial charge is 0.166 e. The van der Waals surface area contributed by atoms with Crippen LogP contribution < -0.4 is 0 Å². The Kier molecular flexibility index (Phi) is 9.93. The van der Waals surface area contributed by atoms with E-state index in [0.29, 0.717) is 0 Å². The van der Waals surface area contributed by atoms with Crippen molar-refractivity contribution in [2.75, 3.05) is 45.4 Å². The Morgan fingerprint density at radius 1 is 1.14 bits per heavy atom. The van der Waals surface area contributed by atoms with Gasteiger partial charge in [-0.25, -0.2) is 0 Å². The number of hydrogen-bond donors (Lipinski definition) is 0. The molecular weight excluding hydrogens is 198 g/mol. The second-order valence-electron chi connectivity index (χ2n) is 3.22. The summed E-state index contributed by atoms with van der Waals surface area (Å²) in [6.45, 7) is 6.54. The van der Waals surface area contributed by atoms with Gasteiger partial charge in [-0.1, -0.05) is 0 Å². The van der Waals surface area contributed by atoms with Crippen molar-refractivity contribution in [2.24, 2.45) is 0 Å². The zero-order valence-corrected chi connectivity index (χ0v) is 10.6. The van der Waals surface area contributed by atoms with Crippen LogP contribution in [0.2, 0.25) is 0 Å². The predicted molar refractivity (Wildman–Crippen MR) is 62.9 cm³/mol. The molecule has 0 aliphatic heterocycles. The maximum absolute atomic E-state index is 5.43. The van der Waals surface area contributed by atoms with Crippen molar-refractivity contribution >= 4 is 11.8 Å². The first-order valence-electron chi connectivity index (χ1n) is 5.16. The Hall–Kier alpha value is 0.230. The minimum absolute atomic E-state index is 0.0304. The first-order valence-corrected chi connectivity index (χ1v) is 6.31. The second kappa shape index (κ2) is 9.77. The van der Waals surface area contributed by atoms with E-state index in [1.807, 2.05) is 25.6 Å². The zero-order chi connectivity index (χ0) is 10.8. The molecule has 0 aromatic heterocycles. The van der Waals surface area contributed by atoms with E-state index in [1.54, 1.807) is 0 Å². The molecular formula is C10H23NO2S. The van der Waals surface area contributed by atoms with Gasteiger partial charge in [0.05, 0.1) is 0 Å². The van der Waals surface area contributed by atoms with Crippen molar-refractivity contribution in [2.45, 2.75) is 20.1 Å². The van der Waals surface area contributed by atoms with E-state index in [4.69, 9.17) is 9.47 Å². The maximum atomic E-state index is 5.43. The highest BCUT2D eigenvalue weighted by Crippen LogP contribution is 2.07. The van der Waals surface area contributed by atoms with Crippen LogP contribution in [0.1, 0.15) is 13.8 Å². The van der Waals surface area contributed by atoms with E-state index in [0.717, 1.165) is 31.3 Å². The van der Waals surface area contributed by atoms with Crippen LogP contribution in [0.15, 0.2) is 0 Å². The van der Waals surface area contributed by atoms with E-state index < -0.39 is 0 Å².